The number of methoxy groups -OCH3 is 1. The number of halogens is 2. The van der Waals surface area contributed by atoms with Crippen molar-refractivity contribution in [2.45, 2.75) is 12.8 Å². The van der Waals surface area contributed by atoms with Gasteiger partial charge in [-0.15, -0.1) is 0 Å². The van der Waals surface area contributed by atoms with Crippen molar-refractivity contribution in [2.75, 3.05) is 20.3 Å². The van der Waals surface area contributed by atoms with E-state index in [1.807, 2.05) is 0 Å². The number of aromatic nitrogens is 1. The number of Topliss-reactive ketones (excluding diaryl/α,β-unsaturated/α-hetero) is 1. The van der Waals surface area contributed by atoms with Gasteiger partial charge in [0.1, 0.15) is 12.4 Å². The maximum Gasteiger partial charge on any atom is 0.261 e. The number of alkyl halides is 2. The van der Waals surface area contributed by atoms with E-state index in [1.54, 1.807) is 6.07 Å². The molecule has 1 aromatic heterocycles. The smallest absolute Gasteiger partial charge is 0.261 e. The monoisotopic (exact) mass is 245 g/mol. The molecule has 0 saturated carbocycles. The van der Waals surface area contributed by atoms with Gasteiger partial charge in [-0.05, 0) is 6.07 Å². The topological polar surface area (TPSA) is 48.4 Å². The fourth-order valence-electron chi connectivity index (χ4n) is 1.16. The highest BCUT2D eigenvalue weighted by molar-refractivity contribution is 5.96. The average Bonchev–Trinajstić information content (AvgIpc) is 2.34. The Morgan fingerprint density at radius 1 is 1.47 bits per heavy atom. The van der Waals surface area contributed by atoms with Gasteiger partial charge in [0.05, 0.1) is 19.9 Å². The molecule has 0 spiro atoms. The molecule has 1 rings (SSSR count). The second-order valence-electron chi connectivity index (χ2n) is 3.25. The van der Waals surface area contributed by atoms with E-state index in [9.17, 15) is 13.6 Å². The van der Waals surface area contributed by atoms with Crippen LogP contribution < -0.4 is 4.74 Å². The Labute approximate surface area is 97.6 Å². The van der Waals surface area contributed by atoms with Crippen LogP contribution in [-0.2, 0) is 4.74 Å². The zero-order valence-electron chi connectivity index (χ0n) is 9.36. The third kappa shape index (κ3) is 4.86. The highest BCUT2D eigenvalue weighted by atomic mass is 19.3. The van der Waals surface area contributed by atoms with Crippen molar-refractivity contribution < 1.29 is 23.0 Å². The normalized spacial score (nSPS) is 10.6. The van der Waals surface area contributed by atoms with Gasteiger partial charge in [0.2, 0.25) is 0 Å². The minimum atomic E-state index is -2.51. The molecule has 0 atom stereocenters. The predicted molar refractivity (Wildman–Crippen MR) is 56.6 cm³/mol. The molecule has 1 aromatic rings. The molecular formula is C11H13F2NO3. The number of carbonyl (C=O) groups excluding carboxylic acids is 1. The van der Waals surface area contributed by atoms with Crippen LogP contribution in [-0.4, -0.2) is 37.5 Å². The van der Waals surface area contributed by atoms with Crippen molar-refractivity contribution in [2.24, 2.45) is 0 Å². The van der Waals surface area contributed by atoms with Crippen molar-refractivity contribution in [3.05, 3.63) is 24.0 Å². The second kappa shape index (κ2) is 6.90. The van der Waals surface area contributed by atoms with Crippen molar-refractivity contribution >= 4 is 5.78 Å². The number of carbonyl (C=O) groups is 1. The van der Waals surface area contributed by atoms with Crippen LogP contribution in [0.2, 0.25) is 0 Å². The zero-order valence-corrected chi connectivity index (χ0v) is 9.36. The van der Waals surface area contributed by atoms with Gasteiger partial charge < -0.3 is 9.47 Å². The summed E-state index contributed by atoms with van der Waals surface area (Å²) in [5.74, 6) is 0.259. The number of hydrogen-bond acceptors (Lipinski definition) is 4. The molecule has 1 heterocycles. The maximum absolute atomic E-state index is 11.7. The molecule has 0 bridgehead atoms. The Bertz CT molecular complexity index is 371. The van der Waals surface area contributed by atoms with Gasteiger partial charge in [0, 0.05) is 18.2 Å². The van der Waals surface area contributed by atoms with Crippen LogP contribution in [0.4, 0.5) is 8.78 Å². The summed E-state index contributed by atoms with van der Waals surface area (Å²) in [5.41, 5.74) is 0.380. The molecule has 0 aliphatic rings. The van der Waals surface area contributed by atoms with Crippen LogP contribution in [0.3, 0.4) is 0 Å². The first-order chi connectivity index (χ1) is 8.13. The molecule has 0 fully saturated rings. The molecule has 0 N–H and O–H groups in total. The molecule has 94 valence electrons. The van der Waals surface area contributed by atoms with Gasteiger partial charge in [-0.2, -0.15) is 0 Å². The summed E-state index contributed by atoms with van der Waals surface area (Å²) in [6, 6.07) is 1.54. The number of ketones is 1. The summed E-state index contributed by atoms with van der Waals surface area (Å²) in [4.78, 5) is 15.4. The van der Waals surface area contributed by atoms with Gasteiger partial charge in [-0.1, -0.05) is 0 Å². The standard InChI is InChI=1S/C11H13F2NO3/c1-16-9-4-8(5-14-6-9)10(15)2-3-17-7-11(12)13/h4-6,11H,2-3,7H2,1H3. The summed E-state index contributed by atoms with van der Waals surface area (Å²) >= 11 is 0. The fourth-order valence-corrected chi connectivity index (χ4v) is 1.16. The predicted octanol–water partition coefficient (Wildman–Crippen LogP) is 1.94. The number of rotatable bonds is 7. The highest BCUT2D eigenvalue weighted by Gasteiger charge is 2.08. The molecule has 0 amide bonds. The lowest BCUT2D eigenvalue weighted by molar-refractivity contribution is 0.0170. The molecular weight excluding hydrogens is 232 g/mol. The van der Waals surface area contributed by atoms with E-state index < -0.39 is 13.0 Å². The zero-order chi connectivity index (χ0) is 12.7. The lowest BCUT2D eigenvalue weighted by Gasteiger charge is -2.04. The quantitative estimate of drug-likeness (QED) is 0.544. The van der Waals surface area contributed by atoms with E-state index in [0.29, 0.717) is 11.3 Å². The SMILES string of the molecule is COc1cncc(C(=O)CCOCC(F)F)c1. The second-order valence-corrected chi connectivity index (χ2v) is 3.25. The number of pyridine rings is 1. The first kappa shape index (κ1) is 13.5. The molecule has 0 aromatic carbocycles. The number of ether oxygens (including phenoxy) is 2. The van der Waals surface area contributed by atoms with Gasteiger partial charge in [-0.3, -0.25) is 9.78 Å². The van der Waals surface area contributed by atoms with Crippen LogP contribution in [0.1, 0.15) is 16.8 Å². The Kier molecular flexibility index (Phi) is 5.48. The van der Waals surface area contributed by atoms with Crippen LogP contribution in [0.25, 0.3) is 0 Å². The molecule has 0 aliphatic heterocycles. The molecule has 0 unspecified atom stereocenters. The summed E-state index contributed by atoms with van der Waals surface area (Å²) in [7, 11) is 1.47. The molecule has 4 nitrogen and oxygen atoms in total. The highest BCUT2D eigenvalue weighted by Crippen LogP contribution is 2.12. The molecule has 0 aliphatic carbocycles. The van der Waals surface area contributed by atoms with Crippen molar-refractivity contribution in [3.63, 3.8) is 0 Å². The van der Waals surface area contributed by atoms with E-state index in [0.717, 1.165) is 0 Å². The molecule has 0 radical (unpaired) electrons. The summed E-state index contributed by atoms with van der Waals surface area (Å²) < 4.78 is 33.0. The molecule has 6 heteroatoms. The maximum atomic E-state index is 11.7. The largest absolute Gasteiger partial charge is 0.495 e. The van der Waals surface area contributed by atoms with Gasteiger partial charge in [0.15, 0.2) is 5.78 Å². The van der Waals surface area contributed by atoms with Gasteiger partial charge in [-0.25, -0.2) is 8.78 Å². The first-order valence-electron chi connectivity index (χ1n) is 5.01. The average molecular weight is 245 g/mol. The minimum absolute atomic E-state index is 0.0274. The van der Waals surface area contributed by atoms with E-state index >= 15 is 0 Å². The van der Waals surface area contributed by atoms with Crippen LogP contribution in [0, 0.1) is 0 Å². The Morgan fingerprint density at radius 3 is 2.88 bits per heavy atom. The lowest BCUT2D eigenvalue weighted by Crippen LogP contribution is -2.09. The van der Waals surface area contributed by atoms with Crippen LogP contribution in [0.5, 0.6) is 5.75 Å². The van der Waals surface area contributed by atoms with Crippen molar-refractivity contribution in [1.29, 1.82) is 0 Å². The number of hydrogen-bond donors (Lipinski definition) is 0. The van der Waals surface area contributed by atoms with E-state index in [2.05, 4.69) is 9.72 Å². The first-order valence-corrected chi connectivity index (χ1v) is 5.01. The van der Waals surface area contributed by atoms with Crippen molar-refractivity contribution in [3.8, 4) is 5.75 Å². The van der Waals surface area contributed by atoms with Crippen LogP contribution in [0.15, 0.2) is 18.5 Å². The van der Waals surface area contributed by atoms with Gasteiger partial charge >= 0.3 is 0 Å². The third-order valence-electron chi connectivity index (χ3n) is 1.99. The van der Waals surface area contributed by atoms with E-state index in [1.165, 1.54) is 19.5 Å². The summed E-state index contributed by atoms with van der Waals surface area (Å²) in [6.07, 6.45) is 0.410. The van der Waals surface area contributed by atoms with Crippen LogP contribution >= 0.6 is 0 Å². The summed E-state index contributed by atoms with van der Waals surface area (Å²) in [6.45, 7) is -0.677. The van der Waals surface area contributed by atoms with Gasteiger partial charge in [0.25, 0.3) is 6.43 Å². The minimum Gasteiger partial charge on any atom is -0.495 e. The third-order valence-corrected chi connectivity index (χ3v) is 1.99. The Morgan fingerprint density at radius 2 is 2.24 bits per heavy atom. The lowest BCUT2D eigenvalue weighted by atomic mass is 10.1. The molecule has 0 saturated heterocycles. The fraction of sp³-hybridized carbons (Fsp3) is 0.455. The molecule has 17 heavy (non-hydrogen) atoms. The Hall–Kier alpha value is -1.56. The van der Waals surface area contributed by atoms with E-state index in [-0.39, 0.29) is 18.8 Å². The van der Waals surface area contributed by atoms with E-state index in [4.69, 9.17) is 4.74 Å². The number of nitrogens with zero attached hydrogens (tertiary/aromatic N) is 1. The Balaban J connectivity index is 2.41. The van der Waals surface area contributed by atoms with Crippen molar-refractivity contribution in [1.82, 2.24) is 4.98 Å². The summed E-state index contributed by atoms with van der Waals surface area (Å²) in [5, 5.41) is 0.